The molecule has 1 rings (SSSR count). The van der Waals surface area contributed by atoms with E-state index in [1.54, 1.807) is 0 Å². The lowest BCUT2D eigenvalue weighted by molar-refractivity contribution is 0.00377. The number of hydrogen-bond acceptors (Lipinski definition) is 2. The molecule has 0 aromatic carbocycles. The van der Waals surface area contributed by atoms with Gasteiger partial charge in [0.05, 0.1) is 0 Å². The van der Waals surface area contributed by atoms with Crippen molar-refractivity contribution in [3.63, 3.8) is 0 Å². The standard InChI is InChI=1S/C13H26F2N2/c1-10(2)12(16)5-7-17(3)9-11-4-6-13(14,15)8-11/h10-12H,4-9,16H2,1-3H3. The summed E-state index contributed by atoms with van der Waals surface area (Å²) >= 11 is 0. The quantitative estimate of drug-likeness (QED) is 0.783. The van der Waals surface area contributed by atoms with E-state index < -0.39 is 5.92 Å². The van der Waals surface area contributed by atoms with Gasteiger partial charge in [0.25, 0.3) is 0 Å². The van der Waals surface area contributed by atoms with Gasteiger partial charge in [0.15, 0.2) is 0 Å². The van der Waals surface area contributed by atoms with Crippen LogP contribution in [0.2, 0.25) is 0 Å². The second kappa shape index (κ2) is 6.10. The van der Waals surface area contributed by atoms with Crippen LogP contribution in [0.5, 0.6) is 0 Å². The van der Waals surface area contributed by atoms with E-state index in [0.29, 0.717) is 12.3 Å². The molecule has 0 aromatic rings. The molecule has 1 saturated carbocycles. The lowest BCUT2D eigenvalue weighted by Crippen LogP contribution is -2.33. The summed E-state index contributed by atoms with van der Waals surface area (Å²) in [5.41, 5.74) is 5.97. The third-order valence-electron chi connectivity index (χ3n) is 3.78. The van der Waals surface area contributed by atoms with Crippen LogP contribution in [0.4, 0.5) is 8.78 Å². The maximum Gasteiger partial charge on any atom is 0.248 e. The summed E-state index contributed by atoms with van der Waals surface area (Å²) in [6.45, 7) is 5.91. The van der Waals surface area contributed by atoms with Crippen molar-refractivity contribution in [3.8, 4) is 0 Å². The first-order valence-corrected chi connectivity index (χ1v) is 6.62. The fourth-order valence-corrected chi connectivity index (χ4v) is 2.43. The molecule has 0 heterocycles. The van der Waals surface area contributed by atoms with Gasteiger partial charge in [-0.3, -0.25) is 0 Å². The Morgan fingerprint density at radius 3 is 2.53 bits per heavy atom. The third kappa shape index (κ3) is 5.30. The number of halogens is 2. The summed E-state index contributed by atoms with van der Waals surface area (Å²) in [7, 11) is 2.00. The number of nitrogens with zero attached hydrogens (tertiary/aromatic N) is 1. The highest BCUT2D eigenvalue weighted by Gasteiger charge is 2.39. The van der Waals surface area contributed by atoms with Crippen molar-refractivity contribution in [2.75, 3.05) is 20.1 Å². The average molecular weight is 248 g/mol. The number of nitrogens with two attached hydrogens (primary N) is 1. The summed E-state index contributed by atoms with van der Waals surface area (Å²) in [6, 6.07) is 0.211. The van der Waals surface area contributed by atoms with Gasteiger partial charge in [-0.25, -0.2) is 8.78 Å². The van der Waals surface area contributed by atoms with Crippen LogP contribution in [0.15, 0.2) is 0 Å². The zero-order valence-electron chi connectivity index (χ0n) is 11.3. The molecule has 0 amide bonds. The van der Waals surface area contributed by atoms with E-state index in [2.05, 4.69) is 18.7 Å². The van der Waals surface area contributed by atoms with Crippen molar-refractivity contribution in [2.45, 2.75) is 51.5 Å². The van der Waals surface area contributed by atoms with Gasteiger partial charge in [-0.15, -0.1) is 0 Å². The maximum atomic E-state index is 13.0. The van der Waals surface area contributed by atoms with Crippen molar-refractivity contribution >= 4 is 0 Å². The van der Waals surface area contributed by atoms with E-state index in [4.69, 9.17) is 5.73 Å². The third-order valence-corrected chi connectivity index (χ3v) is 3.78. The van der Waals surface area contributed by atoms with E-state index in [9.17, 15) is 8.78 Å². The molecule has 2 unspecified atom stereocenters. The fraction of sp³-hybridized carbons (Fsp3) is 1.00. The molecule has 0 saturated heterocycles. The normalized spacial score (nSPS) is 25.8. The smallest absolute Gasteiger partial charge is 0.248 e. The fourth-order valence-electron chi connectivity index (χ4n) is 2.43. The molecule has 1 fully saturated rings. The maximum absolute atomic E-state index is 13.0. The van der Waals surface area contributed by atoms with Gasteiger partial charge in [-0.1, -0.05) is 13.8 Å². The average Bonchev–Trinajstić information content (AvgIpc) is 2.54. The molecule has 4 heteroatoms. The van der Waals surface area contributed by atoms with Gasteiger partial charge in [0, 0.05) is 25.4 Å². The van der Waals surface area contributed by atoms with E-state index in [-0.39, 0.29) is 24.8 Å². The largest absolute Gasteiger partial charge is 0.327 e. The first kappa shape index (κ1) is 14.8. The Hall–Kier alpha value is -0.220. The van der Waals surface area contributed by atoms with Gasteiger partial charge < -0.3 is 10.6 Å². The van der Waals surface area contributed by atoms with Crippen LogP contribution < -0.4 is 5.73 Å². The van der Waals surface area contributed by atoms with Crippen molar-refractivity contribution in [3.05, 3.63) is 0 Å². The second-order valence-electron chi connectivity index (χ2n) is 5.92. The first-order valence-electron chi connectivity index (χ1n) is 6.62. The molecule has 102 valence electrons. The Kier molecular flexibility index (Phi) is 5.32. The lowest BCUT2D eigenvalue weighted by atomic mass is 10.0. The highest BCUT2D eigenvalue weighted by molar-refractivity contribution is 4.82. The van der Waals surface area contributed by atoms with Crippen LogP contribution in [-0.4, -0.2) is 37.0 Å². The van der Waals surface area contributed by atoms with Crippen LogP contribution in [0, 0.1) is 11.8 Å². The van der Waals surface area contributed by atoms with Crippen LogP contribution in [0.25, 0.3) is 0 Å². The van der Waals surface area contributed by atoms with Gasteiger partial charge >= 0.3 is 0 Å². The predicted molar refractivity (Wildman–Crippen MR) is 67.2 cm³/mol. The van der Waals surface area contributed by atoms with Crippen LogP contribution in [0.3, 0.4) is 0 Å². The van der Waals surface area contributed by atoms with Gasteiger partial charge in [-0.2, -0.15) is 0 Å². The van der Waals surface area contributed by atoms with Gasteiger partial charge in [-0.05, 0) is 38.3 Å². The van der Waals surface area contributed by atoms with Gasteiger partial charge in [0.2, 0.25) is 5.92 Å². The molecule has 0 aliphatic heterocycles. The number of rotatable bonds is 6. The highest BCUT2D eigenvalue weighted by Crippen LogP contribution is 2.38. The van der Waals surface area contributed by atoms with E-state index in [0.717, 1.165) is 19.5 Å². The minimum absolute atomic E-state index is 0.0631. The second-order valence-corrected chi connectivity index (χ2v) is 5.92. The zero-order valence-corrected chi connectivity index (χ0v) is 11.3. The van der Waals surface area contributed by atoms with Crippen LogP contribution >= 0.6 is 0 Å². The van der Waals surface area contributed by atoms with E-state index >= 15 is 0 Å². The molecule has 0 radical (unpaired) electrons. The molecule has 0 aromatic heterocycles. The Bertz CT molecular complexity index is 231. The molecule has 2 N–H and O–H groups in total. The molecule has 1 aliphatic carbocycles. The molecule has 17 heavy (non-hydrogen) atoms. The topological polar surface area (TPSA) is 29.3 Å². The summed E-state index contributed by atoms with van der Waals surface area (Å²) in [5, 5.41) is 0. The summed E-state index contributed by atoms with van der Waals surface area (Å²) in [6.07, 6.45) is 1.73. The molecular weight excluding hydrogens is 222 g/mol. The Labute approximate surface area is 104 Å². The van der Waals surface area contributed by atoms with Crippen molar-refractivity contribution in [1.29, 1.82) is 0 Å². The molecule has 2 nitrogen and oxygen atoms in total. The summed E-state index contributed by atoms with van der Waals surface area (Å²) in [5.74, 6) is -1.77. The van der Waals surface area contributed by atoms with Crippen molar-refractivity contribution in [1.82, 2.24) is 4.90 Å². The highest BCUT2D eigenvalue weighted by atomic mass is 19.3. The zero-order chi connectivity index (χ0) is 13.1. The van der Waals surface area contributed by atoms with Crippen molar-refractivity contribution < 1.29 is 8.78 Å². The Morgan fingerprint density at radius 2 is 2.06 bits per heavy atom. The number of hydrogen-bond donors (Lipinski definition) is 1. The molecule has 1 aliphatic rings. The SMILES string of the molecule is CC(C)C(N)CCN(C)CC1CCC(F)(F)C1. The molecule has 0 bridgehead atoms. The van der Waals surface area contributed by atoms with Gasteiger partial charge in [0.1, 0.15) is 0 Å². The number of alkyl halides is 2. The monoisotopic (exact) mass is 248 g/mol. The predicted octanol–water partition coefficient (Wildman–Crippen LogP) is 2.73. The minimum atomic E-state index is -2.42. The van der Waals surface area contributed by atoms with Crippen LogP contribution in [0.1, 0.15) is 39.5 Å². The Balaban J connectivity index is 2.19. The molecule has 2 atom stereocenters. The Morgan fingerprint density at radius 1 is 1.41 bits per heavy atom. The van der Waals surface area contributed by atoms with E-state index in [1.807, 2.05) is 7.05 Å². The van der Waals surface area contributed by atoms with Crippen molar-refractivity contribution in [2.24, 2.45) is 17.6 Å². The lowest BCUT2D eigenvalue weighted by Gasteiger charge is -2.23. The molecular formula is C13H26F2N2. The molecule has 0 spiro atoms. The van der Waals surface area contributed by atoms with Crippen LogP contribution in [-0.2, 0) is 0 Å². The summed E-state index contributed by atoms with van der Waals surface area (Å²) < 4.78 is 26.1. The first-order chi connectivity index (χ1) is 7.80. The van der Waals surface area contributed by atoms with E-state index in [1.165, 1.54) is 0 Å². The summed E-state index contributed by atoms with van der Waals surface area (Å²) in [4.78, 5) is 2.15. The minimum Gasteiger partial charge on any atom is -0.327 e.